The van der Waals surface area contributed by atoms with E-state index in [9.17, 15) is 4.79 Å². The summed E-state index contributed by atoms with van der Waals surface area (Å²) in [6.07, 6.45) is 3.50. The number of nitrogens with one attached hydrogen (secondary N) is 1. The third kappa shape index (κ3) is 3.61. The number of aryl methyl sites for hydroxylation is 1. The molecule has 0 unspecified atom stereocenters. The maximum Gasteiger partial charge on any atom is 0.257 e. The van der Waals surface area contributed by atoms with E-state index in [0.29, 0.717) is 22.2 Å². The number of amides is 1. The number of benzene rings is 1. The fourth-order valence-electron chi connectivity index (χ4n) is 2.36. The molecule has 0 bridgehead atoms. The van der Waals surface area contributed by atoms with Gasteiger partial charge in [-0.3, -0.25) is 15.1 Å². The smallest absolute Gasteiger partial charge is 0.257 e. The fourth-order valence-corrected chi connectivity index (χ4v) is 3.31. The van der Waals surface area contributed by atoms with Gasteiger partial charge in [-0.15, -0.1) is 0 Å². The summed E-state index contributed by atoms with van der Waals surface area (Å²) < 4.78 is 10.4. The van der Waals surface area contributed by atoms with Crippen molar-refractivity contribution >= 4 is 22.4 Å². The van der Waals surface area contributed by atoms with Gasteiger partial charge in [0.25, 0.3) is 5.91 Å². The number of hydrogen-bond donors (Lipinski definition) is 1. The lowest BCUT2D eigenvalue weighted by molar-refractivity contribution is 0.102. The second-order valence-electron chi connectivity index (χ2n) is 5.20. The van der Waals surface area contributed by atoms with Gasteiger partial charge in [-0.25, -0.2) is 4.98 Å². The Kier molecular flexibility index (Phi) is 4.95. The SMILES string of the molecule is COc1ccc(C(=O)Nc2nc(C)c(-c3cccnc3)s2)cc1OC. The molecule has 128 valence electrons. The lowest BCUT2D eigenvalue weighted by atomic mass is 10.2. The average Bonchev–Trinajstić information content (AvgIpc) is 3.01. The number of carbonyl (C=O) groups is 1. The van der Waals surface area contributed by atoms with Gasteiger partial charge < -0.3 is 9.47 Å². The van der Waals surface area contributed by atoms with E-state index in [-0.39, 0.29) is 5.91 Å². The Balaban J connectivity index is 1.82. The predicted molar refractivity (Wildman–Crippen MR) is 97.6 cm³/mol. The van der Waals surface area contributed by atoms with Crippen LogP contribution >= 0.6 is 11.3 Å². The van der Waals surface area contributed by atoms with Crippen molar-refractivity contribution in [2.45, 2.75) is 6.92 Å². The standard InChI is InChI=1S/C18H17N3O3S/c1-11-16(13-5-4-8-19-10-13)25-18(20-11)21-17(22)12-6-7-14(23-2)15(9-12)24-3/h4-10H,1-3H3,(H,20,21,22). The molecule has 0 aliphatic heterocycles. The van der Waals surface area contributed by atoms with Gasteiger partial charge in [-0.05, 0) is 31.2 Å². The van der Waals surface area contributed by atoms with Crippen molar-refractivity contribution in [2.24, 2.45) is 0 Å². The second-order valence-corrected chi connectivity index (χ2v) is 6.20. The first-order valence-electron chi connectivity index (χ1n) is 7.53. The minimum Gasteiger partial charge on any atom is -0.493 e. The van der Waals surface area contributed by atoms with Crippen LogP contribution in [0, 0.1) is 6.92 Å². The highest BCUT2D eigenvalue weighted by Gasteiger charge is 2.15. The molecule has 1 N–H and O–H groups in total. The molecule has 3 rings (SSSR count). The van der Waals surface area contributed by atoms with E-state index in [1.54, 1.807) is 37.7 Å². The Labute approximate surface area is 149 Å². The summed E-state index contributed by atoms with van der Waals surface area (Å²) in [5.74, 6) is 0.817. The molecule has 25 heavy (non-hydrogen) atoms. The summed E-state index contributed by atoms with van der Waals surface area (Å²) in [7, 11) is 3.08. The monoisotopic (exact) mass is 355 g/mol. The van der Waals surface area contributed by atoms with Crippen molar-refractivity contribution in [2.75, 3.05) is 19.5 Å². The molecule has 7 heteroatoms. The fraction of sp³-hybridized carbons (Fsp3) is 0.167. The molecule has 0 saturated carbocycles. The van der Waals surface area contributed by atoms with E-state index in [1.165, 1.54) is 18.4 Å². The highest BCUT2D eigenvalue weighted by molar-refractivity contribution is 7.19. The van der Waals surface area contributed by atoms with Gasteiger partial charge in [0.1, 0.15) is 0 Å². The van der Waals surface area contributed by atoms with Crippen molar-refractivity contribution < 1.29 is 14.3 Å². The highest BCUT2D eigenvalue weighted by Crippen LogP contribution is 2.33. The summed E-state index contributed by atoms with van der Waals surface area (Å²) in [5.41, 5.74) is 2.29. The lowest BCUT2D eigenvalue weighted by Crippen LogP contribution is -2.11. The minimum absolute atomic E-state index is 0.257. The van der Waals surface area contributed by atoms with Crippen LogP contribution < -0.4 is 14.8 Å². The first-order chi connectivity index (χ1) is 12.1. The van der Waals surface area contributed by atoms with Crippen LogP contribution in [-0.4, -0.2) is 30.1 Å². The number of carbonyl (C=O) groups excluding carboxylic acids is 1. The molecule has 0 aliphatic rings. The van der Waals surface area contributed by atoms with Crippen LogP contribution in [-0.2, 0) is 0 Å². The molecule has 0 atom stereocenters. The summed E-state index contributed by atoms with van der Waals surface area (Å²) in [6, 6.07) is 8.85. The molecular weight excluding hydrogens is 338 g/mol. The van der Waals surface area contributed by atoms with E-state index in [4.69, 9.17) is 9.47 Å². The van der Waals surface area contributed by atoms with Gasteiger partial charge in [0, 0.05) is 23.5 Å². The molecule has 0 saturated heterocycles. The molecule has 3 aromatic rings. The number of rotatable bonds is 5. The summed E-state index contributed by atoms with van der Waals surface area (Å²) in [5, 5.41) is 3.37. The second kappa shape index (κ2) is 7.31. The first kappa shape index (κ1) is 16.9. The normalized spacial score (nSPS) is 10.4. The van der Waals surface area contributed by atoms with Gasteiger partial charge in [-0.2, -0.15) is 0 Å². The number of ether oxygens (including phenoxy) is 2. The third-order valence-corrected chi connectivity index (χ3v) is 4.71. The number of thiazole rings is 1. The molecule has 6 nitrogen and oxygen atoms in total. The molecule has 0 aliphatic carbocycles. The van der Waals surface area contributed by atoms with Crippen LogP contribution in [0.1, 0.15) is 16.1 Å². The zero-order valence-electron chi connectivity index (χ0n) is 14.1. The largest absolute Gasteiger partial charge is 0.493 e. The summed E-state index contributed by atoms with van der Waals surface area (Å²) in [6.45, 7) is 1.91. The Bertz CT molecular complexity index is 894. The Hall–Kier alpha value is -2.93. The van der Waals surface area contributed by atoms with E-state index >= 15 is 0 Å². The van der Waals surface area contributed by atoms with Gasteiger partial charge in [0.2, 0.25) is 0 Å². The van der Waals surface area contributed by atoms with Crippen LogP contribution in [0.25, 0.3) is 10.4 Å². The first-order valence-corrected chi connectivity index (χ1v) is 8.35. The average molecular weight is 355 g/mol. The van der Waals surface area contributed by atoms with Crippen molar-refractivity contribution in [1.29, 1.82) is 0 Å². The molecule has 0 fully saturated rings. The number of aromatic nitrogens is 2. The number of nitrogens with zero attached hydrogens (tertiary/aromatic N) is 2. The van der Waals surface area contributed by atoms with Gasteiger partial charge >= 0.3 is 0 Å². The van der Waals surface area contributed by atoms with Crippen LogP contribution in [0.5, 0.6) is 11.5 Å². The Morgan fingerprint density at radius 3 is 2.64 bits per heavy atom. The van der Waals surface area contributed by atoms with Crippen LogP contribution in [0.2, 0.25) is 0 Å². The van der Waals surface area contributed by atoms with Crippen LogP contribution in [0.3, 0.4) is 0 Å². The van der Waals surface area contributed by atoms with E-state index in [0.717, 1.165) is 16.1 Å². The quantitative estimate of drug-likeness (QED) is 0.754. The number of anilines is 1. The molecule has 1 aromatic carbocycles. The van der Waals surface area contributed by atoms with Gasteiger partial charge in [0.15, 0.2) is 16.6 Å². The van der Waals surface area contributed by atoms with E-state index < -0.39 is 0 Å². The van der Waals surface area contributed by atoms with E-state index in [2.05, 4.69) is 15.3 Å². The van der Waals surface area contributed by atoms with Gasteiger partial charge in [-0.1, -0.05) is 17.4 Å². The summed E-state index contributed by atoms with van der Waals surface area (Å²) in [4.78, 5) is 22.0. The zero-order chi connectivity index (χ0) is 17.8. The van der Waals surface area contributed by atoms with E-state index in [1.807, 2.05) is 19.1 Å². The molecule has 2 heterocycles. The van der Waals surface area contributed by atoms with Crippen molar-refractivity contribution in [3.05, 3.63) is 54.0 Å². The molecule has 0 radical (unpaired) electrons. The number of methoxy groups -OCH3 is 2. The van der Waals surface area contributed by atoms with Crippen molar-refractivity contribution in [3.63, 3.8) is 0 Å². The minimum atomic E-state index is -0.257. The van der Waals surface area contributed by atoms with Crippen molar-refractivity contribution in [3.8, 4) is 21.9 Å². The van der Waals surface area contributed by atoms with Crippen molar-refractivity contribution in [1.82, 2.24) is 9.97 Å². The predicted octanol–water partition coefficient (Wildman–Crippen LogP) is 3.78. The van der Waals surface area contributed by atoms with Crippen LogP contribution in [0.4, 0.5) is 5.13 Å². The highest BCUT2D eigenvalue weighted by atomic mass is 32.1. The lowest BCUT2D eigenvalue weighted by Gasteiger charge is -2.09. The molecule has 2 aromatic heterocycles. The molecule has 1 amide bonds. The third-order valence-electron chi connectivity index (χ3n) is 3.59. The Morgan fingerprint density at radius 1 is 1.16 bits per heavy atom. The molecular formula is C18H17N3O3S. The van der Waals surface area contributed by atoms with Gasteiger partial charge in [0.05, 0.1) is 24.8 Å². The zero-order valence-corrected chi connectivity index (χ0v) is 14.9. The number of pyridine rings is 1. The topological polar surface area (TPSA) is 73.3 Å². The number of hydrogen-bond acceptors (Lipinski definition) is 6. The molecule has 0 spiro atoms. The maximum atomic E-state index is 12.5. The van der Waals surface area contributed by atoms with Crippen LogP contribution in [0.15, 0.2) is 42.7 Å². The Morgan fingerprint density at radius 2 is 1.96 bits per heavy atom. The summed E-state index contributed by atoms with van der Waals surface area (Å²) >= 11 is 1.41. The maximum absolute atomic E-state index is 12.5.